The van der Waals surface area contributed by atoms with E-state index in [2.05, 4.69) is 16.0 Å². The highest BCUT2D eigenvalue weighted by molar-refractivity contribution is 6.12. The Kier molecular flexibility index (Phi) is 11.2. The number of nitrogens with one attached hydrogen (secondary N) is 3. The van der Waals surface area contributed by atoms with E-state index in [0.29, 0.717) is 31.5 Å². The number of nitrogens with zero attached hydrogens (tertiary/aromatic N) is 1. The molecule has 0 radical (unpaired) electrons. The van der Waals surface area contributed by atoms with Gasteiger partial charge in [-0.15, -0.1) is 0 Å². The highest BCUT2D eigenvalue weighted by atomic mass is 16.3. The molecule has 0 aromatic heterocycles. The maximum Gasteiger partial charge on any atom is 0.253 e. The van der Waals surface area contributed by atoms with E-state index in [1.54, 1.807) is 25.1 Å². The van der Waals surface area contributed by atoms with E-state index >= 15 is 0 Å². The number of imide groups is 1. The molecule has 0 fully saturated rings. The zero-order valence-electron chi connectivity index (χ0n) is 21.4. The Morgan fingerprint density at radius 1 is 1.03 bits per heavy atom. The molecule has 1 aliphatic heterocycles. The molecule has 2 rings (SSSR count). The van der Waals surface area contributed by atoms with Crippen LogP contribution in [0.3, 0.4) is 0 Å². The molecule has 0 saturated carbocycles. The minimum atomic E-state index is -1.15. The molecule has 1 aromatic carbocycles. The molecule has 10 heteroatoms. The van der Waals surface area contributed by atoms with Crippen molar-refractivity contribution in [3.05, 3.63) is 41.5 Å². The second-order valence-electron chi connectivity index (χ2n) is 9.43. The van der Waals surface area contributed by atoms with E-state index in [1.165, 1.54) is 17.1 Å². The Bertz CT molecular complexity index is 959. The number of aliphatic hydroxyl groups excluding tert-OH is 2. The molecule has 1 aromatic rings. The van der Waals surface area contributed by atoms with Gasteiger partial charge in [0.15, 0.2) is 0 Å². The Balaban J connectivity index is 1.77. The first-order chi connectivity index (χ1) is 17.0. The summed E-state index contributed by atoms with van der Waals surface area (Å²) < 4.78 is 0. The van der Waals surface area contributed by atoms with E-state index in [9.17, 15) is 29.4 Å². The zero-order valence-corrected chi connectivity index (χ0v) is 21.4. The molecule has 1 heterocycles. The Morgan fingerprint density at radius 2 is 1.69 bits per heavy atom. The minimum Gasteiger partial charge on any atom is -0.392 e. The fourth-order valence-corrected chi connectivity index (χ4v) is 3.89. The first-order valence-electron chi connectivity index (χ1n) is 12.3. The van der Waals surface area contributed by atoms with Crippen molar-refractivity contribution >= 4 is 29.3 Å². The summed E-state index contributed by atoms with van der Waals surface area (Å²) in [6, 6.07) is 3.87. The van der Waals surface area contributed by atoms with E-state index in [4.69, 9.17) is 0 Å². The lowest BCUT2D eigenvalue weighted by molar-refractivity contribution is -0.137. The van der Waals surface area contributed by atoms with Crippen molar-refractivity contribution < 1.29 is 29.4 Å². The third-order valence-electron chi connectivity index (χ3n) is 6.17. The van der Waals surface area contributed by atoms with Gasteiger partial charge in [-0.2, -0.15) is 0 Å². The van der Waals surface area contributed by atoms with Crippen LogP contribution in [0.1, 0.15) is 57.6 Å². The number of anilines is 1. The summed E-state index contributed by atoms with van der Waals surface area (Å²) in [4.78, 5) is 49.3. The van der Waals surface area contributed by atoms with Gasteiger partial charge in [-0.3, -0.25) is 29.4 Å². The predicted molar refractivity (Wildman–Crippen MR) is 135 cm³/mol. The lowest BCUT2D eigenvalue weighted by Crippen LogP contribution is -2.56. The van der Waals surface area contributed by atoms with Crippen LogP contribution >= 0.6 is 0 Å². The lowest BCUT2D eigenvalue weighted by Gasteiger charge is -2.30. The third-order valence-corrected chi connectivity index (χ3v) is 6.17. The highest BCUT2D eigenvalue weighted by Crippen LogP contribution is 2.16. The summed E-state index contributed by atoms with van der Waals surface area (Å²) in [5.74, 6) is -1.28. The molecule has 1 aliphatic rings. The quantitative estimate of drug-likeness (QED) is 0.146. The zero-order chi connectivity index (χ0) is 26.8. The lowest BCUT2D eigenvalue weighted by atomic mass is 10.0. The van der Waals surface area contributed by atoms with Crippen molar-refractivity contribution in [1.29, 1.82) is 0 Å². The van der Waals surface area contributed by atoms with Crippen molar-refractivity contribution in [1.82, 2.24) is 15.5 Å². The summed E-state index contributed by atoms with van der Waals surface area (Å²) in [5.41, 5.74) is 2.22. The molecule has 10 nitrogen and oxygen atoms in total. The number of amides is 4. The minimum absolute atomic E-state index is 0.0785. The molecule has 1 unspecified atom stereocenters. The predicted octanol–water partition coefficient (Wildman–Crippen LogP) is 1.35. The summed E-state index contributed by atoms with van der Waals surface area (Å²) in [6.07, 6.45) is 3.47. The molecule has 0 bridgehead atoms. The van der Waals surface area contributed by atoms with Crippen molar-refractivity contribution in [2.45, 2.75) is 78.3 Å². The number of aryl methyl sites for hydroxylation is 1. The second-order valence-corrected chi connectivity index (χ2v) is 9.43. The van der Waals surface area contributed by atoms with Gasteiger partial charge in [0, 0.05) is 30.8 Å². The molecule has 0 spiro atoms. The van der Waals surface area contributed by atoms with E-state index in [1.807, 2.05) is 20.8 Å². The first-order valence-corrected chi connectivity index (χ1v) is 12.3. The summed E-state index contributed by atoms with van der Waals surface area (Å²) in [7, 11) is 0. The molecule has 36 heavy (non-hydrogen) atoms. The van der Waals surface area contributed by atoms with Gasteiger partial charge in [-0.25, -0.2) is 0 Å². The van der Waals surface area contributed by atoms with Crippen LogP contribution in [-0.2, 0) is 25.8 Å². The molecule has 198 valence electrons. The standard InChI is InChI=1S/C26H38N4O6/c1-16(2)24(29-21(32)8-6-5-7-13-30-22(33)11-12-23(30)34)26(36)27-18(4)25(35)28-20-10-9-19(15-31)17(3)14-20/h9-12,14,16,18,24,26-27,31,36H,5-8,13,15H2,1-4H3,(H,28,35)(H,29,32)/t18-,24-,26?/m0/s1. The van der Waals surface area contributed by atoms with Crippen LogP contribution in [0, 0.1) is 12.8 Å². The number of hydrogen-bond donors (Lipinski definition) is 5. The van der Waals surface area contributed by atoms with Gasteiger partial charge < -0.3 is 20.8 Å². The van der Waals surface area contributed by atoms with Gasteiger partial charge in [-0.1, -0.05) is 26.3 Å². The molecule has 0 aliphatic carbocycles. The summed E-state index contributed by atoms with van der Waals surface area (Å²) in [5, 5.41) is 28.5. The van der Waals surface area contributed by atoms with Gasteiger partial charge in [0.1, 0.15) is 6.23 Å². The fourth-order valence-electron chi connectivity index (χ4n) is 3.89. The van der Waals surface area contributed by atoms with Crippen LogP contribution in [0.5, 0.6) is 0 Å². The van der Waals surface area contributed by atoms with Crippen LogP contribution in [0.4, 0.5) is 5.69 Å². The SMILES string of the molecule is Cc1cc(NC(=O)[C@H](C)NC(O)[C@@H](NC(=O)CCCCCN2C(=O)C=CC2=O)C(C)C)ccc1CO. The van der Waals surface area contributed by atoms with E-state index in [0.717, 1.165) is 11.1 Å². The Labute approximate surface area is 212 Å². The Morgan fingerprint density at radius 3 is 2.28 bits per heavy atom. The maximum atomic E-state index is 12.6. The van der Waals surface area contributed by atoms with Crippen LogP contribution in [-0.4, -0.2) is 63.6 Å². The molecule has 0 saturated heterocycles. The van der Waals surface area contributed by atoms with Gasteiger partial charge in [0.2, 0.25) is 11.8 Å². The molecule has 5 N–H and O–H groups in total. The smallest absolute Gasteiger partial charge is 0.253 e. The summed E-state index contributed by atoms with van der Waals surface area (Å²) in [6.45, 7) is 7.45. The van der Waals surface area contributed by atoms with Gasteiger partial charge in [-0.05, 0) is 55.9 Å². The number of carbonyl (C=O) groups excluding carboxylic acids is 4. The highest BCUT2D eigenvalue weighted by Gasteiger charge is 2.27. The average Bonchev–Trinajstić information content (AvgIpc) is 3.14. The third kappa shape index (κ3) is 8.54. The largest absolute Gasteiger partial charge is 0.392 e. The van der Waals surface area contributed by atoms with Gasteiger partial charge in [0.05, 0.1) is 18.7 Å². The van der Waals surface area contributed by atoms with Crippen LogP contribution in [0.2, 0.25) is 0 Å². The Hall–Kier alpha value is -3.08. The molecule has 4 amide bonds. The molecule has 3 atom stereocenters. The first kappa shape index (κ1) is 29.2. The molecular formula is C26H38N4O6. The number of aliphatic hydroxyl groups is 2. The normalized spacial score (nSPS) is 15.8. The van der Waals surface area contributed by atoms with Crippen molar-refractivity contribution in [3.8, 4) is 0 Å². The van der Waals surface area contributed by atoms with Crippen LogP contribution < -0.4 is 16.0 Å². The van der Waals surface area contributed by atoms with Gasteiger partial charge >= 0.3 is 0 Å². The number of carbonyl (C=O) groups is 4. The number of unbranched alkanes of at least 4 members (excludes halogenated alkanes) is 2. The van der Waals surface area contributed by atoms with Crippen molar-refractivity contribution in [3.63, 3.8) is 0 Å². The van der Waals surface area contributed by atoms with Crippen LogP contribution in [0.25, 0.3) is 0 Å². The average molecular weight is 503 g/mol. The summed E-state index contributed by atoms with van der Waals surface area (Å²) >= 11 is 0. The van der Waals surface area contributed by atoms with E-state index in [-0.39, 0.29) is 42.6 Å². The van der Waals surface area contributed by atoms with E-state index < -0.39 is 18.3 Å². The number of hydrogen-bond acceptors (Lipinski definition) is 7. The number of rotatable bonds is 14. The van der Waals surface area contributed by atoms with Gasteiger partial charge in [0.25, 0.3) is 11.8 Å². The number of benzene rings is 1. The molecular weight excluding hydrogens is 464 g/mol. The van der Waals surface area contributed by atoms with Crippen molar-refractivity contribution in [2.24, 2.45) is 5.92 Å². The fraction of sp³-hybridized carbons (Fsp3) is 0.538. The second kappa shape index (κ2) is 13.9. The van der Waals surface area contributed by atoms with Crippen LogP contribution in [0.15, 0.2) is 30.4 Å². The van der Waals surface area contributed by atoms with Crippen molar-refractivity contribution in [2.75, 3.05) is 11.9 Å². The monoisotopic (exact) mass is 502 g/mol. The maximum absolute atomic E-state index is 12.6. The topological polar surface area (TPSA) is 148 Å².